The molecule has 2 aliphatic rings. The lowest BCUT2D eigenvalue weighted by Crippen LogP contribution is -2.00. The number of aromatic hydroxyl groups is 1. The Hall–Kier alpha value is -1.18. The van der Waals surface area contributed by atoms with Crippen LogP contribution in [0.2, 0.25) is 0 Å². The molecule has 0 heterocycles. The van der Waals surface area contributed by atoms with Crippen molar-refractivity contribution in [2.45, 2.75) is 23.6 Å². The Labute approximate surface area is 121 Å². The summed E-state index contributed by atoms with van der Waals surface area (Å²) in [5.41, 5.74) is 6.81. The van der Waals surface area contributed by atoms with Crippen molar-refractivity contribution in [3.63, 3.8) is 0 Å². The van der Waals surface area contributed by atoms with Gasteiger partial charge >= 0.3 is 0 Å². The Bertz CT molecular complexity index is 693. The number of halogens is 2. The number of fused-ring (bicyclic) bond motifs is 4. The maximum atomic E-state index is 9.94. The van der Waals surface area contributed by atoms with E-state index in [1.165, 1.54) is 11.1 Å². The first-order chi connectivity index (χ1) is 9.16. The molecule has 3 heteroatoms. The minimum absolute atomic E-state index is 0.214. The SMILES string of the molecule is Oc1cc2c(c3c1C3)C(Cl)C(Cl)c1ccccc1C2. The molecule has 0 bridgehead atoms. The first-order valence-electron chi connectivity index (χ1n) is 6.39. The lowest BCUT2D eigenvalue weighted by Gasteiger charge is -2.16. The molecule has 2 atom stereocenters. The van der Waals surface area contributed by atoms with Gasteiger partial charge in [-0.05, 0) is 40.3 Å². The normalized spacial score (nSPS) is 23.1. The molecule has 0 aromatic heterocycles. The van der Waals surface area contributed by atoms with E-state index in [9.17, 15) is 5.11 Å². The van der Waals surface area contributed by atoms with E-state index in [0.717, 1.165) is 35.1 Å². The number of hydrogen-bond donors (Lipinski definition) is 1. The Balaban J connectivity index is 1.97. The monoisotopic (exact) mass is 290 g/mol. The quantitative estimate of drug-likeness (QED) is 0.606. The molecule has 2 unspecified atom stereocenters. The van der Waals surface area contributed by atoms with Crippen LogP contribution in [-0.4, -0.2) is 5.11 Å². The molecule has 0 fully saturated rings. The first kappa shape index (κ1) is 11.6. The van der Waals surface area contributed by atoms with Crippen LogP contribution < -0.4 is 0 Å². The molecule has 0 spiro atoms. The summed E-state index contributed by atoms with van der Waals surface area (Å²) in [6.45, 7) is 0. The van der Waals surface area contributed by atoms with Crippen LogP contribution in [0.1, 0.15) is 44.1 Å². The largest absolute Gasteiger partial charge is 0.508 e. The fourth-order valence-electron chi connectivity index (χ4n) is 3.12. The van der Waals surface area contributed by atoms with Gasteiger partial charge in [-0.2, -0.15) is 0 Å². The molecule has 96 valence electrons. The summed E-state index contributed by atoms with van der Waals surface area (Å²) in [6, 6.07) is 10.0. The third-order valence-electron chi connectivity index (χ3n) is 4.15. The van der Waals surface area contributed by atoms with Gasteiger partial charge in [0.2, 0.25) is 0 Å². The lowest BCUT2D eigenvalue weighted by atomic mass is 10.00. The molecule has 2 aromatic carbocycles. The van der Waals surface area contributed by atoms with Crippen LogP contribution in [0.25, 0.3) is 0 Å². The zero-order valence-corrected chi connectivity index (χ0v) is 11.7. The van der Waals surface area contributed by atoms with Crippen LogP contribution in [0.4, 0.5) is 0 Å². The molecule has 0 radical (unpaired) electrons. The lowest BCUT2D eigenvalue weighted by molar-refractivity contribution is 0.473. The van der Waals surface area contributed by atoms with Gasteiger partial charge in [-0.3, -0.25) is 0 Å². The summed E-state index contributed by atoms with van der Waals surface area (Å²) in [5.74, 6) is 0.406. The van der Waals surface area contributed by atoms with Crippen LogP contribution in [-0.2, 0) is 12.8 Å². The predicted octanol–water partition coefficient (Wildman–Crippen LogP) is 4.46. The summed E-state index contributed by atoms with van der Waals surface area (Å²) in [6.07, 6.45) is 1.64. The molecule has 0 aliphatic heterocycles. The summed E-state index contributed by atoms with van der Waals surface area (Å²) < 4.78 is 0. The number of hydrogen-bond acceptors (Lipinski definition) is 1. The van der Waals surface area contributed by atoms with Crippen molar-refractivity contribution < 1.29 is 5.11 Å². The minimum atomic E-state index is -0.225. The third kappa shape index (κ3) is 1.62. The highest BCUT2D eigenvalue weighted by Crippen LogP contribution is 2.52. The molecule has 4 rings (SSSR count). The van der Waals surface area contributed by atoms with Crippen LogP contribution in [0.3, 0.4) is 0 Å². The Morgan fingerprint density at radius 1 is 0.947 bits per heavy atom. The van der Waals surface area contributed by atoms with Crippen molar-refractivity contribution in [3.05, 3.63) is 63.7 Å². The first-order valence-corrected chi connectivity index (χ1v) is 7.26. The van der Waals surface area contributed by atoms with Gasteiger partial charge in [0.15, 0.2) is 0 Å². The van der Waals surface area contributed by atoms with Gasteiger partial charge in [-0.25, -0.2) is 0 Å². The van der Waals surface area contributed by atoms with Crippen molar-refractivity contribution >= 4 is 23.2 Å². The van der Waals surface area contributed by atoms with E-state index in [2.05, 4.69) is 6.07 Å². The van der Waals surface area contributed by atoms with Crippen molar-refractivity contribution in [2.24, 2.45) is 0 Å². The van der Waals surface area contributed by atoms with E-state index in [0.29, 0.717) is 5.75 Å². The Kier molecular flexibility index (Phi) is 2.39. The highest BCUT2D eigenvalue weighted by Gasteiger charge is 2.36. The Morgan fingerprint density at radius 3 is 2.58 bits per heavy atom. The van der Waals surface area contributed by atoms with Crippen LogP contribution in [0.15, 0.2) is 30.3 Å². The fraction of sp³-hybridized carbons (Fsp3) is 0.250. The van der Waals surface area contributed by atoms with E-state index in [1.807, 2.05) is 24.3 Å². The average molecular weight is 291 g/mol. The van der Waals surface area contributed by atoms with Gasteiger partial charge in [0, 0.05) is 12.0 Å². The van der Waals surface area contributed by atoms with E-state index >= 15 is 0 Å². The summed E-state index contributed by atoms with van der Waals surface area (Å²) in [5, 5.41) is 9.50. The van der Waals surface area contributed by atoms with Crippen LogP contribution in [0.5, 0.6) is 5.75 Å². The predicted molar refractivity (Wildman–Crippen MR) is 77.3 cm³/mol. The van der Waals surface area contributed by atoms with E-state index in [-0.39, 0.29) is 10.8 Å². The third-order valence-corrected chi connectivity index (χ3v) is 5.24. The summed E-state index contributed by atoms with van der Waals surface area (Å²) in [4.78, 5) is 0. The number of alkyl halides is 2. The highest BCUT2D eigenvalue weighted by atomic mass is 35.5. The molecular weight excluding hydrogens is 279 g/mol. The number of phenolic OH excluding ortho intramolecular Hbond substituents is 1. The molecule has 0 saturated carbocycles. The van der Waals surface area contributed by atoms with Crippen molar-refractivity contribution in [1.82, 2.24) is 0 Å². The summed E-state index contributed by atoms with van der Waals surface area (Å²) in [7, 11) is 0. The van der Waals surface area contributed by atoms with Gasteiger partial charge in [-0.15, -0.1) is 23.2 Å². The molecule has 2 aromatic rings. The Morgan fingerprint density at radius 2 is 1.74 bits per heavy atom. The minimum Gasteiger partial charge on any atom is -0.508 e. The van der Waals surface area contributed by atoms with Crippen LogP contribution in [0, 0.1) is 0 Å². The molecule has 1 nitrogen and oxygen atoms in total. The molecule has 19 heavy (non-hydrogen) atoms. The van der Waals surface area contributed by atoms with E-state index in [4.69, 9.17) is 23.2 Å². The fourth-order valence-corrected chi connectivity index (χ4v) is 3.87. The van der Waals surface area contributed by atoms with Gasteiger partial charge in [0.05, 0.1) is 10.8 Å². The second-order valence-electron chi connectivity index (χ2n) is 5.28. The maximum absolute atomic E-state index is 9.94. The van der Waals surface area contributed by atoms with Crippen molar-refractivity contribution in [1.29, 1.82) is 0 Å². The van der Waals surface area contributed by atoms with Gasteiger partial charge in [0.1, 0.15) is 5.75 Å². The smallest absolute Gasteiger partial charge is 0.119 e. The van der Waals surface area contributed by atoms with Crippen LogP contribution >= 0.6 is 23.2 Å². The van der Waals surface area contributed by atoms with Gasteiger partial charge in [0.25, 0.3) is 0 Å². The standard InChI is InChI=1S/C16H12Cl2O/c17-15-10-4-2-1-3-8(10)5-9-6-13(19)11-7-12(11)14(9)16(15)18/h1-4,6,15-16,19H,5,7H2. The second kappa shape index (κ2) is 3.91. The van der Waals surface area contributed by atoms with E-state index < -0.39 is 0 Å². The number of rotatable bonds is 0. The zero-order chi connectivity index (χ0) is 13.1. The van der Waals surface area contributed by atoms with Crippen molar-refractivity contribution in [3.8, 4) is 5.75 Å². The molecule has 1 N–H and O–H groups in total. The highest BCUT2D eigenvalue weighted by molar-refractivity contribution is 6.30. The number of benzene rings is 2. The number of phenols is 1. The zero-order valence-electron chi connectivity index (χ0n) is 10.2. The topological polar surface area (TPSA) is 20.2 Å². The second-order valence-corrected chi connectivity index (χ2v) is 6.22. The van der Waals surface area contributed by atoms with Crippen molar-refractivity contribution in [2.75, 3.05) is 0 Å². The molecule has 0 saturated heterocycles. The molecule has 2 aliphatic carbocycles. The summed E-state index contributed by atoms with van der Waals surface area (Å²) >= 11 is 13.2. The van der Waals surface area contributed by atoms with Gasteiger partial charge < -0.3 is 5.11 Å². The van der Waals surface area contributed by atoms with Gasteiger partial charge in [-0.1, -0.05) is 24.3 Å². The molecule has 0 amide bonds. The average Bonchev–Trinajstić information content (AvgIpc) is 3.18. The molecular formula is C16H12Cl2O. The van der Waals surface area contributed by atoms with E-state index in [1.54, 1.807) is 0 Å². The maximum Gasteiger partial charge on any atom is 0.119 e.